The van der Waals surface area contributed by atoms with Gasteiger partial charge in [-0.25, -0.2) is 0 Å². The normalized spacial score (nSPS) is 10.4. The molecule has 0 heterocycles. The van der Waals surface area contributed by atoms with Crippen molar-refractivity contribution in [3.63, 3.8) is 0 Å². The Labute approximate surface area is 90.3 Å². The Morgan fingerprint density at radius 2 is 1.93 bits per heavy atom. The van der Waals surface area contributed by atoms with Gasteiger partial charge in [-0.05, 0) is 39.5 Å². The summed E-state index contributed by atoms with van der Waals surface area (Å²) in [5.74, 6) is 1.02. The van der Waals surface area contributed by atoms with Crippen molar-refractivity contribution < 1.29 is 9.84 Å². The maximum absolute atomic E-state index is 9.49. The van der Waals surface area contributed by atoms with Gasteiger partial charge in [-0.3, -0.25) is 0 Å². The molecule has 0 aliphatic rings. The number of aromatic hydroxyl groups is 1. The molecule has 0 saturated heterocycles. The number of halogens is 1. The number of rotatable bonds is 1. The van der Waals surface area contributed by atoms with Gasteiger partial charge in [0.1, 0.15) is 11.5 Å². The first-order chi connectivity index (χ1) is 6.72. The van der Waals surface area contributed by atoms with E-state index in [1.807, 2.05) is 24.3 Å². The Kier molecular flexibility index (Phi) is 2.33. The second-order valence-corrected chi connectivity index (χ2v) is 3.78. The minimum atomic E-state index is 0.241. The quantitative estimate of drug-likeness (QED) is 0.844. The van der Waals surface area contributed by atoms with Crippen molar-refractivity contribution >= 4 is 26.7 Å². The predicted molar refractivity (Wildman–Crippen MR) is 59.9 cm³/mol. The number of hydrogen-bond acceptors (Lipinski definition) is 2. The molecule has 2 aromatic carbocycles. The van der Waals surface area contributed by atoms with Crippen LogP contribution < -0.4 is 4.74 Å². The summed E-state index contributed by atoms with van der Waals surface area (Å²) in [6, 6.07) is 9.27. The standard InChI is InChI=1S/C11H9BrO2/c1-14-8-4-2-7-3-5-10(13)11(12)9(7)6-8/h2-6,13H,1H3. The van der Waals surface area contributed by atoms with Crippen molar-refractivity contribution in [2.45, 2.75) is 0 Å². The van der Waals surface area contributed by atoms with Crippen LogP contribution in [0.15, 0.2) is 34.8 Å². The van der Waals surface area contributed by atoms with Crippen LogP contribution >= 0.6 is 15.9 Å². The van der Waals surface area contributed by atoms with E-state index in [2.05, 4.69) is 15.9 Å². The van der Waals surface area contributed by atoms with Gasteiger partial charge in [0.05, 0.1) is 11.6 Å². The van der Waals surface area contributed by atoms with E-state index >= 15 is 0 Å². The topological polar surface area (TPSA) is 29.5 Å². The maximum atomic E-state index is 9.49. The van der Waals surface area contributed by atoms with E-state index in [9.17, 15) is 5.11 Å². The van der Waals surface area contributed by atoms with E-state index in [0.717, 1.165) is 16.5 Å². The van der Waals surface area contributed by atoms with Crippen molar-refractivity contribution in [1.29, 1.82) is 0 Å². The molecule has 0 saturated carbocycles. The summed E-state index contributed by atoms with van der Waals surface area (Å²) in [6.45, 7) is 0. The maximum Gasteiger partial charge on any atom is 0.130 e. The van der Waals surface area contributed by atoms with E-state index in [-0.39, 0.29) is 5.75 Å². The van der Waals surface area contributed by atoms with Gasteiger partial charge in [-0.1, -0.05) is 12.1 Å². The van der Waals surface area contributed by atoms with Crippen LogP contribution in [-0.2, 0) is 0 Å². The van der Waals surface area contributed by atoms with Gasteiger partial charge in [-0.15, -0.1) is 0 Å². The lowest BCUT2D eigenvalue weighted by molar-refractivity contribution is 0.415. The predicted octanol–water partition coefficient (Wildman–Crippen LogP) is 3.32. The van der Waals surface area contributed by atoms with Gasteiger partial charge in [0.25, 0.3) is 0 Å². The third-order valence-electron chi connectivity index (χ3n) is 2.14. The zero-order valence-electron chi connectivity index (χ0n) is 7.62. The van der Waals surface area contributed by atoms with Crippen LogP contribution in [0.4, 0.5) is 0 Å². The number of phenolic OH excluding ortho intramolecular Hbond substituents is 1. The number of benzene rings is 2. The summed E-state index contributed by atoms with van der Waals surface area (Å²) in [7, 11) is 1.62. The highest BCUT2D eigenvalue weighted by molar-refractivity contribution is 9.10. The molecule has 0 amide bonds. The third-order valence-corrected chi connectivity index (χ3v) is 2.98. The van der Waals surface area contributed by atoms with Gasteiger partial charge in [0.15, 0.2) is 0 Å². The zero-order valence-corrected chi connectivity index (χ0v) is 9.21. The second kappa shape index (κ2) is 3.50. The number of phenols is 1. The van der Waals surface area contributed by atoms with Crippen LogP contribution in [0.25, 0.3) is 10.8 Å². The molecule has 0 radical (unpaired) electrons. The lowest BCUT2D eigenvalue weighted by Crippen LogP contribution is -1.83. The smallest absolute Gasteiger partial charge is 0.130 e. The first kappa shape index (κ1) is 9.34. The average Bonchev–Trinajstić information content (AvgIpc) is 2.23. The molecular formula is C11H9BrO2. The van der Waals surface area contributed by atoms with Crippen molar-refractivity contribution in [1.82, 2.24) is 0 Å². The minimum absolute atomic E-state index is 0.241. The van der Waals surface area contributed by atoms with Crippen molar-refractivity contribution in [2.75, 3.05) is 7.11 Å². The van der Waals surface area contributed by atoms with E-state index in [1.54, 1.807) is 13.2 Å². The molecule has 2 aromatic rings. The third kappa shape index (κ3) is 1.44. The van der Waals surface area contributed by atoms with Gasteiger partial charge in [-0.2, -0.15) is 0 Å². The Bertz CT molecular complexity index is 480. The SMILES string of the molecule is COc1ccc2ccc(O)c(Br)c2c1. The van der Waals surface area contributed by atoms with Crippen LogP contribution in [0.5, 0.6) is 11.5 Å². The molecule has 0 bridgehead atoms. The van der Waals surface area contributed by atoms with E-state index in [0.29, 0.717) is 4.47 Å². The molecule has 0 unspecified atom stereocenters. The van der Waals surface area contributed by atoms with Crippen LogP contribution in [0.1, 0.15) is 0 Å². The summed E-state index contributed by atoms with van der Waals surface area (Å²) in [5.41, 5.74) is 0. The monoisotopic (exact) mass is 252 g/mol. The van der Waals surface area contributed by atoms with E-state index in [1.165, 1.54) is 0 Å². The highest BCUT2D eigenvalue weighted by Crippen LogP contribution is 2.33. The minimum Gasteiger partial charge on any atom is -0.507 e. The molecule has 0 aliphatic carbocycles. The first-order valence-corrected chi connectivity index (χ1v) is 4.97. The lowest BCUT2D eigenvalue weighted by atomic mass is 10.1. The van der Waals surface area contributed by atoms with Crippen molar-refractivity contribution in [3.8, 4) is 11.5 Å². The molecule has 72 valence electrons. The average molecular weight is 253 g/mol. The number of hydrogen-bond donors (Lipinski definition) is 1. The van der Waals surface area contributed by atoms with Crippen molar-refractivity contribution in [3.05, 3.63) is 34.8 Å². The van der Waals surface area contributed by atoms with E-state index in [4.69, 9.17) is 4.74 Å². The van der Waals surface area contributed by atoms with Crippen LogP contribution in [0.2, 0.25) is 0 Å². The number of fused-ring (bicyclic) bond motifs is 1. The number of ether oxygens (including phenoxy) is 1. The summed E-state index contributed by atoms with van der Waals surface area (Å²) in [4.78, 5) is 0. The number of methoxy groups -OCH3 is 1. The summed E-state index contributed by atoms with van der Waals surface area (Å²) < 4.78 is 5.82. The van der Waals surface area contributed by atoms with Gasteiger partial charge in [0, 0.05) is 5.39 Å². The fraction of sp³-hybridized carbons (Fsp3) is 0.0909. The molecule has 0 aliphatic heterocycles. The molecule has 1 N–H and O–H groups in total. The lowest BCUT2D eigenvalue weighted by Gasteiger charge is -2.05. The molecule has 0 aromatic heterocycles. The molecule has 2 nitrogen and oxygen atoms in total. The molecule has 0 spiro atoms. The Morgan fingerprint density at radius 1 is 1.21 bits per heavy atom. The molecular weight excluding hydrogens is 244 g/mol. The second-order valence-electron chi connectivity index (χ2n) is 2.99. The highest BCUT2D eigenvalue weighted by atomic mass is 79.9. The zero-order chi connectivity index (χ0) is 10.1. The highest BCUT2D eigenvalue weighted by Gasteiger charge is 2.04. The summed E-state index contributed by atoms with van der Waals surface area (Å²) in [6.07, 6.45) is 0. The largest absolute Gasteiger partial charge is 0.507 e. The Morgan fingerprint density at radius 3 is 2.64 bits per heavy atom. The molecule has 0 fully saturated rings. The van der Waals surface area contributed by atoms with Crippen LogP contribution in [-0.4, -0.2) is 12.2 Å². The van der Waals surface area contributed by atoms with Crippen LogP contribution in [0.3, 0.4) is 0 Å². The van der Waals surface area contributed by atoms with Crippen LogP contribution in [0, 0.1) is 0 Å². The van der Waals surface area contributed by atoms with E-state index < -0.39 is 0 Å². The van der Waals surface area contributed by atoms with Gasteiger partial charge < -0.3 is 9.84 Å². The molecule has 14 heavy (non-hydrogen) atoms. The van der Waals surface area contributed by atoms with Gasteiger partial charge >= 0.3 is 0 Å². The fourth-order valence-corrected chi connectivity index (χ4v) is 1.85. The molecule has 3 heteroatoms. The first-order valence-electron chi connectivity index (χ1n) is 4.17. The fourth-order valence-electron chi connectivity index (χ4n) is 1.38. The van der Waals surface area contributed by atoms with Gasteiger partial charge in [0.2, 0.25) is 0 Å². The Balaban J connectivity index is 2.78. The Hall–Kier alpha value is -1.22. The summed E-state index contributed by atoms with van der Waals surface area (Å²) >= 11 is 3.34. The molecule has 0 atom stereocenters. The summed E-state index contributed by atoms with van der Waals surface area (Å²) in [5, 5.41) is 11.5. The van der Waals surface area contributed by atoms with Crippen molar-refractivity contribution in [2.24, 2.45) is 0 Å². The molecule has 2 rings (SSSR count).